The van der Waals surface area contributed by atoms with Gasteiger partial charge >= 0.3 is 5.97 Å². The molecule has 0 amide bonds. The molecule has 19 heavy (non-hydrogen) atoms. The lowest BCUT2D eigenvalue weighted by Gasteiger charge is -2.10. The van der Waals surface area contributed by atoms with Crippen LogP contribution in [-0.2, 0) is 11.3 Å². The van der Waals surface area contributed by atoms with Crippen LogP contribution in [0, 0.1) is 0 Å². The summed E-state index contributed by atoms with van der Waals surface area (Å²) in [6.45, 7) is 2.83. The standard InChI is InChI=1S/C14H16N2O2S/c1-2-18-14(17)10-5-6-12(15)13(8-10)16-9-11-4-3-7-19-11/h3-8,16H,2,9,15H2,1H3. The van der Waals surface area contributed by atoms with Gasteiger partial charge in [0.2, 0.25) is 0 Å². The number of carbonyl (C=O) groups excluding carboxylic acids is 1. The van der Waals surface area contributed by atoms with Crippen LogP contribution in [0.3, 0.4) is 0 Å². The van der Waals surface area contributed by atoms with Crippen LogP contribution < -0.4 is 11.1 Å². The zero-order valence-corrected chi connectivity index (χ0v) is 11.5. The van der Waals surface area contributed by atoms with E-state index in [9.17, 15) is 4.79 Å². The van der Waals surface area contributed by atoms with Crippen molar-refractivity contribution >= 4 is 28.7 Å². The summed E-state index contributed by atoms with van der Waals surface area (Å²) in [5.74, 6) is -0.332. The minimum absolute atomic E-state index is 0.332. The second-order valence-corrected chi connectivity index (χ2v) is 4.99. The Morgan fingerprint density at radius 1 is 1.42 bits per heavy atom. The Kier molecular flexibility index (Phi) is 4.41. The van der Waals surface area contributed by atoms with Crippen molar-refractivity contribution in [1.82, 2.24) is 0 Å². The van der Waals surface area contributed by atoms with E-state index in [-0.39, 0.29) is 5.97 Å². The zero-order chi connectivity index (χ0) is 13.7. The lowest BCUT2D eigenvalue weighted by atomic mass is 10.1. The molecule has 0 atom stereocenters. The molecule has 1 aromatic heterocycles. The molecule has 0 saturated carbocycles. The summed E-state index contributed by atoms with van der Waals surface area (Å²) in [7, 11) is 0. The first-order valence-electron chi connectivity index (χ1n) is 6.03. The van der Waals surface area contributed by atoms with E-state index in [2.05, 4.69) is 5.32 Å². The van der Waals surface area contributed by atoms with Gasteiger partial charge in [0, 0.05) is 11.4 Å². The van der Waals surface area contributed by atoms with Crippen molar-refractivity contribution in [1.29, 1.82) is 0 Å². The summed E-state index contributed by atoms with van der Waals surface area (Å²) in [5, 5.41) is 5.25. The van der Waals surface area contributed by atoms with E-state index in [0.29, 0.717) is 24.4 Å². The number of hydrogen-bond acceptors (Lipinski definition) is 5. The topological polar surface area (TPSA) is 64.3 Å². The van der Waals surface area contributed by atoms with Gasteiger partial charge in [0.15, 0.2) is 0 Å². The zero-order valence-electron chi connectivity index (χ0n) is 10.7. The van der Waals surface area contributed by atoms with Gasteiger partial charge in [-0.25, -0.2) is 4.79 Å². The molecule has 0 aliphatic rings. The third kappa shape index (κ3) is 3.48. The van der Waals surface area contributed by atoms with Gasteiger partial charge in [-0.1, -0.05) is 6.07 Å². The predicted octanol–water partition coefficient (Wildman–Crippen LogP) is 3.12. The number of benzene rings is 1. The quantitative estimate of drug-likeness (QED) is 0.650. The van der Waals surface area contributed by atoms with E-state index in [1.165, 1.54) is 4.88 Å². The van der Waals surface area contributed by atoms with Gasteiger partial charge in [-0.15, -0.1) is 11.3 Å². The molecule has 0 bridgehead atoms. The monoisotopic (exact) mass is 276 g/mol. The smallest absolute Gasteiger partial charge is 0.338 e. The molecule has 2 aromatic rings. The van der Waals surface area contributed by atoms with Crippen molar-refractivity contribution < 1.29 is 9.53 Å². The highest BCUT2D eigenvalue weighted by Gasteiger charge is 2.09. The normalized spacial score (nSPS) is 10.2. The number of nitrogens with two attached hydrogens (primary N) is 1. The molecule has 0 aliphatic carbocycles. The van der Waals surface area contributed by atoms with Gasteiger partial charge in [0.1, 0.15) is 0 Å². The van der Waals surface area contributed by atoms with Gasteiger partial charge in [-0.2, -0.15) is 0 Å². The summed E-state index contributed by atoms with van der Waals surface area (Å²) in [6.07, 6.45) is 0. The van der Waals surface area contributed by atoms with Crippen LogP contribution in [0.2, 0.25) is 0 Å². The van der Waals surface area contributed by atoms with Gasteiger partial charge in [0.05, 0.1) is 23.5 Å². The molecule has 3 N–H and O–H groups in total. The molecule has 1 aromatic carbocycles. The predicted molar refractivity (Wildman–Crippen MR) is 78.5 cm³/mol. The number of carbonyl (C=O) groups is 1. The van der Waals surface area contributed by atoms with Crippen LogP contribution in [0.25, 0.3) is 0 Å². The number of rotatable bonds is 5. The average Bonchev–Trinajstić information content (AvgIpc) is 2.91. The molecule has 100 valence electrons. The third-order valence-electron chi connectivity index (χ3n) is 2.60. The maximum atomic E-state index is 11.7. The maximum absolute atomic E-state index is 11.7. The molecule has 0 radical (unpaired) electrons. The van der Waals surface area contributed by atoms with Crippen molar-refractivity contribution in [2.45, 2.75) is 13.5 Å². The number of thiophene rings is 1. The summed E-state index contributed by atoms with van der Waals surface area (Å²) in [5.41, 5.74) is 7.76. The minimum atomic E-state index is -0.332. The molecule has 2 rings (SSSR count). The molecule has 4 nitrogen and oxygen atoms in total. The summed E-state index contributed by atoms with van der Waals surface area (Å²) >= 11 is 1.67. The van der Waals surface area contributed by atoms with Gasteiger partial charge in [0.25, 0.3) is 0 Å². The molecule has 0 unspecified atom stereocenters. The van der Waals surface area contributed by atoms with Crippen molar-refractivity contribution in [3.05, 3.63) is 46.2 Å². The fourth-order valence-corrected chi connectivity index (χ4v) is 2.29. The highest BCUT2D eigenvalue weighted by molar-refractivity contribution is 7.09. The third-order valence-corrected chi connectivity index (χ3v) is 3.47. The molecule has 0 fully saturated rings. The van der Waals surface area contributed by atoms with Crippen LogP contribution in [-0.4, -0.2) is 12.6 Å². The summed E-state index contributed by atoms with van der Waals surface area (Å²) in [4.78, 5) is 12.9. The molecular formula is C14H16N2O2S. The number of nitrogens with one attached hydrogen (secondary N) is 1. The molecule has 0 saturated heterocycles. The minimum Gasteiger partial charge on any atom is -0.462 e. The van der Waals surface area contributed by atoms with Gasteiger partial charge in [-0.05, 0) is 36.6 Å². The largest absolute Gasteiger partial charge is 0.462 e. The Balaban J connectivity index is 2.10. The Morgan fingerprint density at radius 3 is 2.95 bits per heavy atom. The Bertz CT molecular complexity index is 553. The van der Waals surface area contributed by atoms with Crippen molar-refractivity contribution in [3.63, 3.8) is 0 Å². The number of nitrogen functional groups attached to an aromatic ring is 1. The molecule has 0 spiro atoms. The first-order valence-corrected chi connectivity index (χ1v) is 6.91. The first-order chi connectivity index (χ1) is 9.20. The fraction of sp³-hybridized carbons (Fsp3) is 0.214. The summed E-state index contributed by atoms with van der Waals surface area (Å²) < 4.78 is 4.97. The lowest BCUT2D eigenvalue weighted by Crippen LogP contribution is -2.07. The van der Waals surface area contributed by atoms with Crippen LogP contribution in [0.1, 0.15) is 22.2 Å². The molecule has 0 aliphatic heterocycles. The van der Waals surface area contributed by atoms with E-state index in [1.807, 2.05) is 17.5 Å². The Morgan fingerprint density at radius 2 is 2.26 bits per heavy atom. The van der Waals surface area contributed by atoms with E-state index in [4.69, 9.17) is 10.5 Å². The van der Waals surface area contributed by atoms with Gasteiger partial charge in [-0.3, -0.25) is 0 Å². The maximum Gasteiger partial charge on any atom is 0.338 e. The van der Waals surface area contributed by atoms with E-state index < -0.39 is 0 Å². The van der Waals surface area contributed by atoms with Crippen LogP contribution in [0.5, 0.6) is 0 Å². The number of hydrogen-bond donors (Lipinski definition) is 2. The van der Waals surface area contributed by atoms with Crippen molar-refractivity contribution in [2.75, 3.05) is 17.7 Å². The second kappa shape index (κ2) is 6.24. The molecule has 5 heteroatoms. The van der Waals surface area contributed by atoms with E-state index in [1.54, 1.807) is 36.5 Å². The SMILES string of the molecule is CCOC(=O)c1ccc(N)c(NCc2cccs2)c1. The average molecular weight is 276 g/mol. The van der Waals surface area contributed by atoms with Crippen LogP contribution >= 0.6 is 11.3 Å². The van der Waals surface area contributed by atoms with Crippen molar-refractivity contribution in [3.8, 4) is 0 Å². The molecular weight excluding hydrogens is 260 g/mol. The molecule has 1 heterocycles. The fourth-order valence-electron chi connectivity index (χ4n) is 1.65. The lowest BCUT2D eigenvalue weighted by molar-refractivity contribution is 0.0526. The summed E-state index contributed by atoms with van der Waals surface area (Å²) in [6, 6.07) is 9.15. The number of ether oxygens (including phenoxy) is 1. The highest BCUT2D eigenvalue weighted by atomic mass is 32.1. The second-order valence-electron chi connectivity index (χ2n) is 3.96. The van der Waals surface area contributed by atoms with E-state index >= 15 is 0 Å². The van der Waals surface area contributed by atoms with Crippen LogP contribution in [0.4, 0.5) is 11.4 Å². The van der Waals surface area contributed by atoms with Crippen molar-refractivity contribution in [2.24, 2.45) is 0 Å². The first kappa shape index (κ1) is 13.4. The Hall–Kier alpha value is -2.01. The number of anilines is 2. The van der Waals surface area contributed by atoms with Gasteiger partial charge < -0.3 is 15.8 Å². The van der Waals surface area contributed by atoms with Crippen LogP contribution in [0.15, 0.2) is 35.7 Å². The Labute approximate surface area is 116 Å². The number of esters is 1. The van der Waals surface area contributed by atoms with E-state index in [0.717, 1.165) is 5.69 Å². The highest BCUT2D eigenvalue weighted by Crippen LogP contribution is 2.22.